The third-order valence-electron chi connectivity index (χ3n) is 2.63. The van der Waals surface area contributed by atoms with Crippen LogP contribution in [0.3, 0.4) is 0 Å². The summed E-state index contributed by atoms with van der Waals surface area (Å²) in [6, 6.07) is 8.72. The number of anilines is 1. The highest BCUT2D eigenvalue weighted by Gasteiger charge is 2.08. The maximum atomic E-state index is 11.5. The third-order valence-corrected chi connectivity index (χ3v) is 2.63. The van der Waals surface area contributed by atoms with Gasteiger partial charge in [-0.3, -0.25) is 0 Å². The molecule has 0 aliphatic heterocycles. The molecule has 0 spiro atoms. The summed E-state index contributed by atoms with van der Waals surface area (Å²) in [7, 11) is 0. The maximum absolute atomic E-state index is 11.5. The highest BCUT2D eigenvalue weighted by Crippen LogP contribution is 2.27. The van der Waals surface area contributed by atoms with Gasteiger partial charge in [-0.2, -0.15) is 0 Å². The fraction of sp³-hybridized carbons (Fsp3) is 0.200. The lowest BCUT2D eigenvalue weighted by Gasteiger charge is -2.08. The molecule has 0 aliphatic rings. The van der Waals surface area contributed by atoms with Crippen molar-refractivity contribution < 1.29 is 14.3 Å². The molecule has 2 N–H and O–H groups in total. The fourth-order valence-corrected chi connectivity index (χ4v) is 1.62. The number of pyridine rings is 1. The third kappa shape index (κ3) is 3.26. The van der Waals surface area contributed by atoms with Gasteiger partial charge in [-0.25, -0.2) is 9.78 Å². The Hall–Kier alpha value is -2.56. The van der Waals surface area contributed by atoms with E-state index in [4.69, 9.17) is 15.2 Å². The molecule has 5 heteroatoms. The first-order chi connectivity index (χ1) is 9.60. The van der Waals surface area contributed by atoms with Crippen molar-refractivity contribution in [2.45, 2.75) is 13.8 Å². The second-order valence-electron chi connectivity index (χ2n) is 4.25. The Morgan fingerprint density at radius 2 is 2.10 bits per heavy atom. The molecule has 20 heavy (non-hydrogen) atoms. The molecule has 1 heterocycles. The second kappa shape index (κ2) is 6.06. The molecule has 5 nitrogen and oxygen atoms in total. The molecule has 0 saturated carbocycles. The van der Waals surface area contributed by atoms with Crippen LogP contribution in [-0.4, -0.2) is 17.6 Å². The van der Waals surface area contributed by atoms with Gasteiger partial charge in [0.25, 0.3) is 0 Å². The van der Waals surface area contributed by atoms with Crippen molar-refractivity contribution >= 4 is 11.7 Å². The van der Waals surface area contributed by atoms with Gasteiger partial charge < -0.3 is 15.2 Å². The molecule has 104 valence electrons. The summed E-state index contributed by atoms with van der Waals surface area (Å²) >= 11 is 0. The van der Waals surface area contributed by atoms with Crippen molar-refractivity contribution in [3.05, 3.63) is 47.7 Å². The quantitative estimate of drug-likeness (QED) is 0.684. The van der Waals surface area contributed by atoms with Crippen LogP contribution in [0.4, 0.5) is 5.69 Å². The minimum Gasteiger partial charge on any atom is -0.462 e. The number of benzene rings is 1. The van der Waals surface area contributed by atoms with Crippen LogP contribution in [0.25, 0.3) is 0 Å². The van der Waals surface area contributed by atoms with Crippen molar-refractivity contribution in [2.75, 3.05) is 12.3 Å². The van der Waals surface area contributed by atoms with Gasteiger partial charge in [0.2, 0.25) is 5.88 Å². The largest absolute Gasteiger partial charge is 0.462 e. The fourth-order valence-electron chi connectivity index (χ4n) is 1.62. The molecule has 1 aromatic heterocycles. The number of aryl methyl sites for hydroxylation is 1. The first-order valence-electron chi connectivity index (χ1n) is 6.27. The number of hydrogen-bond donors (Lipinski definition) is 1. The summed E-state index contributed by atoms with van der Waals surface area (Å²) < 4.78 is 10.5. The van der Waals surface area contributed by atoms with Gasteiger partial charge in [0, 0.05) is 12.3 Å². The number of nitrogens with two attached hydrogens (primary N) is 1. The topological polar surface area (TPSA) is 74.4 Å². The van der Waals surface area contributed by atoms with Gasteiger partial charge in [0.1, 0.15) is 0 Å². The van der Waals surface area contributed by atoms with Crippen LogP contribution < -0.4 is 10.5 Å². The van der Waals surface area contributed by atoms with Crippen LogP contribution in [0, 0.1) is 6.92 Å². The molecular formula is C15H16N2O3. The van der Waals surface area contributed by atoms with E-state index in [1.165, 1.54) is 6.20 Å². The lowest BCUT2D eigenvalue weighted by atomic mass is 10.2. The summed E-state index contributed by atoms with van der Waals surface area (Å²) in [5.41, 5.74) is 7.79. The maximum Gasteiger partial charge on any atom is 0.339 e. The van der Waals surface area contributed by atoms with Crippen molar-refractivity contribution in [3.8, 4) is 11.6 Å². The van der Waals surface area contributed by atoms with Crippen LogP contribution in [0.5, 0.6) is 11.6 Å². The van der Waals surface area contributed by atoms with E-state index < -0.39 is 5.97 Å². The molecule has 0 fully saturated rings. The Morgan fingerprint density at radius 1 is 1.30 bits per heavy atom. The van der Waals surface area contributed by atoms with E-state index in [0.29, 0.717) is 29.5 Å². The second-order valence-corrected chi connectivity index (χ2v) is 4.25. The normalized spacial score (nSPS) is 10.1. The molecule has 0 amide bonds. The molecular weight excluding hydrogens is 256 g/mol. The van der Waals surface area contributed by atoms with Crippen molar-refractivity contribution in [2.24, 2.45) is 0 Å². The Morgan fingerprint density at radius 3 is 2.75 bits per heavy atom. The smallest absolute Gasteiger partial charge is 0.339 e. The zero-order valence-corrected chi connectivity index (χ0v) is 11.4. The summed E-state index contributed by atoms with van der Waals surface area (Å²) in [5.74, 6) is 0.512. The number of rotatable bonds is 4. The first-order valence-corrected chi connectivity index (χ1v) is 6.27. The number of nitrogen functional groups attached to an aromatic ring is 1. The predicted molar refractivity (Wildman–Crippen MR) is 75.9 cm³/mol. The van der Waals surface area contributed by atoms with Crippen LogP contribution in [0.15, 0.2) is 36.5 Å². The highest BCUT2D eigenvalue weighted by molar-refractivity contribution is 5.89. The van der Waals surface area contributed by atoms with Crippen molar-refractivity contribution in [1.29, 1.82) is 0 Å². The molecule has 0 atom stereocenters. The van der Waals surface area contributed by atoms with Gasteiger partial charge in [-0.05, 0) is 37.6 Å². The number of ether oxygens (including phenoxy) is 2. The van der Waals surface area contributed by atoms with E-state index in [1.54, 1.807) is 25.1 Å². The molecule has 0 saturated heterocycles. The number of nitrogens with zero attached hydrogens (tertiary/aromatic N) is 1. The SMILES string of the molecule is CCOC(=O)c1ccc(Oc2cc(C)ccc2N)nc1. The van der Waals surface area contributed by atoms with Crippen LogP contribution in [0.2, 0.25) is 0 Å². The van der Waals surface area contributed by atoms with Gasteiger partial charge in [0.15, 0.2) is 5.75 Å². The molecule has 0 radical (unpaired) electrons. The standard InChI is InChI=1S/C15H16N2O3/c1-3-19-15(18)11-5-7-14(17-9-11)20-13-8-10(2)4-6-12(13)16/h4-9H,3,16H2,1-2H3. The summed E-state index contributed by atoms with van der Waals surface area (Å²) in [4.78, 5) is 15.6. The van der Waals surface area contributed by atoms with E-state index in [1.807, 2.05) is 19.1 Å². The first kappa shape index (κ1) is 13.9. The Bertz CT molecular complexity index is 609. The monoisotopic (exact) mass is 272 g/mol. The van der Waals surface area contributed by atoms with E-state index in [-0.39, 0.29) is 0 Å². The Balaban J connectivity index is 2.14. The minimum absolute atomic E-state index is 0.330. The van der Waals surface area contributed by atoms with Crippen LogP contribution in [0.1, 0.15) is 22.8 Å². The summed E-state index contributed by atoms with van der Waals surface area (Å²) in [6.45, 7) is 4.03. The lowest BCUT2D eigenvalue weighted by Crippen LogP contribution is -2.05. The average molecular weight is 272 g/mol. The number of carbonyl (C=O) groups is 1. The van der Waals surface area contributed by atoms with Gasteiger partial charge in [-0.15, -0.1) is 0 Å². The molecule has 1 aromatic carbocycles. The Kier molecular flexibility index (Phi) is 4.20. The lowest BCUT2D eigenvalue weighted by molar-refractivity contribution is 0.0526. The van der Waals surface area contributed by atoms with Crippen molar-refractivity contribution in [3.63, 3.8) is 0 Å². The summed E-state index contributed by atoms with van der Waals surface area (Å²) in [5, 5.41) is 0. The van der Waals surface area contributed by atoms with E-state index in [9.17, 15) is 4.79 Å². The number of carbonyl (C=O) groups excluding carboxylic acids is 1. The van der Waals surface area contributed by atoms with Gasteiger partial charge in [0.05, 0.1) is 17.9 Å². The number of hydrogen-bond acceptors (Lipinski definition) is 5. The van der Waals surface area contributed by atoms with Crippen LogP contribution >= 0.6 is 0 Å². The van der Waals surface area contributed by atoms with E-state index >= 15 is 0 Å². The number of esters is 1. The number of aromatic nitrogens is 1. The van der Waals surface area contributed by atoms with Gasteiger partial charge >= 0.3 is 5.97 Å². The average Bonchev–Trinajstić information content (AvgIpc) is 2.44. The molecule has 0 aliphatic carbocycles. The zero-order chi connectivity index (χ0) is 14.5. The zero-order valence-electron chi connectivity index (χ0n) is 11.4. The van der Waals surface area contributed by atoms with E-state index in [2.05, 4.69) is 4.98 Å². The minimum atomic E-state index is -0.401. The van der Waals surface area contributed by atoms with Gasteiger partial charge in [-0.1, -0.05) is 6.07 Å². The molecule has 0 bridgehead atoms. The molecule has 2 rings (SSSR count). The van der Waals surface area contributed by atoms with Crippen molar-refractivity contribution in [1.82, 2.24) is 4.98 Å². The predicted octanol–water partition coefficient (Wildman–Crippen LogP) is 2.94. The van der Waals surface area contributed by atoms with Crippen LogP contribution in [-0.2, 0) is 4.74 Å². The molecule has 2 aromatic rings. The Labute approximate surface area is 117 Å². The molecule has 0 unspecified atom stereocenters. The van der Waals surface area contributed by atoms with E-state index in [0.717, 1.165) is 5.56 Å². The summed E-state index contributed by atoms with van der Waals surface area (Å²) in [6.07, 6.45) is 1.42. The highest BCUT2D eigenvalue weighted by atomic mass is 16.5.